The average Bonchev–Trinajstić information content (AvgIpc) is 3.55. The van der Waals surface area contributed by atoms with Gasteiger partial charge in [0.2, 0.25) is 0 Å². The molecule has 0 bridgehead atoms. The second-order valence-corrected chi connectivity index (χ2v) is 9.31. The highest BCUT2D eigenvalue weighted by Gasteiger charge is 2.37. The highest BCUT2D eigenvalue weighted by atomic mass is 16.3. The molecule has 5 rings (SSSR count). The Morgan fingerprint density at radius 3 is 2.11 bits per heavy atom. The minimum absolute atomic E-state index is 0.349. The van der Waals surface area contributed by atoms with Crippen molar-refractivity contribution in [2.75, 3.05) is 7.05 Å². The Balaban J connectivity index is 1.25. The van der Waals surface area contributed by atoms with E-state index in [1.807, 2.05) is 73.8 Å². The first kappa shape index (κ1) is 23.8. The molecule has 1 aromatic heterocycles. The molecule has 0 saturated carbocycles. The van der Waals surface area contributed by atoms with Crippen LogP contribution in [-0.4, -0.2) is 55.6 Å². The van der Waals surface area contributed by atoms with Gasteiger partial charge in [-0.2, -0.15) is 0 Å². The molecule has 184 valence electrons. The molecule has 36 heavy (non-hydrogen) atoms. The molecular weight excluding hydrogens is 454 g/mol. The molecule has 0 aliphatic carbocycles. The summed E-state index contributed by atoms with van der Waals surface area (Å²) in [7, 11) is 1.56. The Bertz CT molecular complexity index is 1390. The van der Waals surface area contributed by atoms with Crippen LogP contribution in [0.4, 0.5) is 0 Å². The zero-order valence-electron chi connectivity index (χ0n) is 20.3. The number of benzene rings is 3. The molecule has 0 radical (unpaired) electrons. The predicted molar refractivity (Wildman–Crippen MR) is 137 cm³/mol. The lowest BCUT2D eigenvalue weighted by molar-refractivity contribution is -0.158. The first-order valence-corrected chi connectivity index (χ1v) is 12.0. The fourth-order valence-electron chi connectivity index (χ4n) is 4.79. The molecule has 0 fully saturated rings. The first-order valence-electron chi connectivity index (χ1n) is 12.0. The smallest absolute Gasteiger partial charge is 0.255 e. The third kappa shape index (κ3) is 4.27. The second kappa shape index (κ2) is 9.60. The maximum Gasteiger partial charge on any atom is 0.255 e. The minimum atomic E-state index is -1.85. The number of nitrogens with zero attached hydrogens (tertiary/aromatic N) is 3. The number of likely N-dealkylation sites (N-methyl/N-ethyl adjacent to an activating group) is 1. The molecular formula is C29H29N3O4. The van der Waals surface area contributed by atoms with Gasteiger partial charge in [-0.1, -0.05) is 54.6 Å². The van der Waals surface area contributed by atoms with Gasteiger partial charge in [-0.05, 0) is 53.3 Å². The third-order valence-electron chi connectivity index (χ3n) is 7.14. The molecule has 0 saturated heterocycles. The van der Waals surface area contributed by atoms with Crippen molar-refractivity contribution in [2.45, 2.75) is 38.3 Å². The van der Waals surface area contributed by atoms with Crippen LogP contribution in [0.2, 0.25) is 0 Å². The normalized spacial score (nSPS) is 15.4. The molecule has 7 heteroatoms. The van der Waals surface area contributed by atoms with Crippen molar-refractivity contribution in [3.05, 3.63) is 102 Å². The van der Waals surface area contributed by atoms with Gasteiger partial charge in [0.25, 0.3) is 11.8 Å². The summed E-state index contributed by atoms with van der Waals surface area (Å²) >= 11 is 0. The molecule has 3 atom stereocenters. The van der Waals surface area contributed by atoms with Gasteiger partial charge in [0.15, 0.2) is 12.2 Å². The van der Waals surface area contributed by atoms with Crippen LogP contribution in [0.25, 0.3) is 16.6 Å². The quantitative estimate of drug-likeness (QED) is 0.440. The van der Waals surface area contributed by atoms with Crippen molar-refractivity contribution < 1.29 is 19.8 Å². The van der Waals surface area contributed by atoms with Crippen molar-refractivity contribution in [3.63, 3.8) is 0 Å². The van der Waals surface area contributed by atoms with Crippen molar-refractivity contribution in [3.8, 4) is 5.69 Å². The summed E-state index contributed by atoms with van der Waals surface area (Å²) in [5.41, 5.74) is 4.97. The molecule has 2 amide bonds. The zero-order chi connectivity index (χ0) is 25.4. The molecule has 2 N–H and O–H groups in total. The number of amides is 2. The lowest BCUT2D eigenvalue weighted by atomic mass is 10.0. The number of hydrogen-bond donors (Lipinski definition) is 2. The summed E-state index contributed by atoms with van der Waals surface area (Å²) in [4.78, 5) is 28.6. The zero-order valence-corrected chi connectivity index (χ0v) is 20.3. The molecule has 1 aliphatic rings. The van der Waals surface area contributed by atoms with Crippen LogP contribution in [0, 0.1) is 0 Å². The summed E-state index contributed by atoms with van der Waals surface area (Å²) in [5.74, 6) is -1.36. The van der Waals surface area contributed by atoms with Crippen LogP contribution in [0.5, 0.6) is 0 Å². The number of fused-ring (bicyclic) bond motifs is 2. The molecule has 0 spiro atoms. The number of aliphatic hydroxyl groups is 2. The highest BCUT2D eigenvalue weighted by molar-refractivity contribution is 5.91. The number of hydrogen-bond acceptors (Lipinski definition) is 4. The standard InChI is InChI=1S/C29H29N3O4/c1-19(20-11-13-24(14-12-20)32-16-15-21-7-5-6-10-25(21)32)30(2)28(35)26(33)27(34)29(36)31-17-22-8-3-4-9-23(22)18-31/h3-16,19,26-27,33-34H,17-18H2,1-2H3/t19-,26+,27+/m0/s1. The van der Waals surface area contributed by atoms with E-state index in [0.717, 1.165) is 33.3 Å². The van der Waals surface area contributed by atoms with E-state index in [1.165, 1.54) is 9.80 Å². The van der Waals surface area contributed by atoms with Crippen LogP contribution in [0.15, 0.2) is 85.1 Å². The van der Waals surface area contributed by atoms with Crippen molar-refractivity contribution in [1.82, 2.24) is 14.4 Å². The number of para-hydroxylation sites is 1. The van der Waals surface area contributed by atoms with Crippen LogP contribution >= 0.6 is 0 Å². The van der Waals surface area contributed by atoms with E-state index in [1.54, 1.807) is 7.05 Å². The number of rotatable bonds is 6. The van der Waals surface area contributed by atoms with Gasteiger partial charge >= 0.3 is 0 Å². The highest BCUT2D eigenvalue weighted by Crippen LogP contribution is 2.26. The van der Waals surface area contributed by atoms with Gasteiger partial charge in [-0.15, -0.1) is 0 Å². The van der Waals surface area contributed by atoms with Gasteiger partial charge in [0.1, 0.15) is 0 Å². The maximum atomic E-state index is 13.0. The molecule has 4 aromatic rings. The number of carbonyl (C=O) groups is 2. The topological polar surface area (TPSA) is 86.0 Å². The SMILES string of the molecule is C[C@@H](c1ccc(-n2ccc3ccccc32)cc1)N(C)C(=O)[C@H](O)[C@@H](O)C(=O)N1Cc2ccccc2C1. The van der Waals surface area contributed by atoms with Crippen molar-refractivity contribution in [1.29, 1.82) is 0 Å². The van der Waals surface area contributed by atoms with E-state index < -0.39 is 24.0 Å². The summed E-state index contributed by atoms with van der Waals surface area (Å²) in [5, 5.41) is 22.3. The molecule has 7 nitrogen and oxygen atoms in total. The van der Waals surface area contributed by atoms with E-state index in [-0.39, 0.29) is 6.04 Å². The number of aliphatic hydroxyl groups excluding tert-OH is 2. The van der Waals surface area contributed by atoms with E-state index in [0.29, 0.717) is 13.1 Å². The Labute approximate surface area is 209 Å². The lowest BCUT2D eigenvalue weighted by Gasteiger charge is -2.30. The Morgan fingerprint density at radius 1 is 0.833 bits per heavy atom. The number of aromatic nitrogens is 1. The molecule has 1 aliphatic heterocycles. The maximum absolute atomic E-state index is 13.0. The van der Waals surface area contributed by atoms with Crippen molar-refractivity contribution in [2.24, 2.45) is 0 Å². The van der Waals surface area contributed by atoms with Crippen LogP contribution in [0.1, 0.15) is 29.7 Å². The van der Waals surface area contributed by atoms with E-state index in [9.17, 15) is 19.8 Å². The Morgan fingerprint density at radius 2 is 1.44 bits per heavy atom. The van der Waals surface area contributed by atoms with Gasteiger partial charge < -0.3 is 24.6 Å². The Hall–Kier alpha value is -3.94. The summed E-state index contributed by atoms with van der Waals surface area (Å²) in [6.45, 7) is 2.54. The third-order valence-corrected chi connectivity index (χ3v) is 7.14. The van der Waals surface area contributed by atoms with E-state index in [4.69, 9.17) is 0 Å². The van der Waals surface area contributed by atoms with E-state index >= 15 is 0 Å². The minimum Gasteiger partial charge on any atom is -0.380 e. The van der Waals surface area contributed by atoms with Gasteiger partial charge in [-0.25, -0.2) is 0 Å². The molecule has 2 heterocycles. The largest absolute Gasteiger partial charge is 0.380 e. The first-order chi connectivity index (χ1) is 17.3. The lowest BCUT2D eigenvalue weighted by Crippen LogP contribution is -2.50. The van der Waals surface area contributed by atoms with Crippen LogP contribution in [-0.2, 0) is 22.7 Å². The second-order valence-electron chi connectivity index (χ2n) is 9.31. The summed E-state index contributed by atoms with van der Waals surface area (Å²) in [6, 6.07) is 25.3. The van der Waals surface area contributed by atoms with Crippen LogP contribution < -0.4 is 0 Å². The number of carbonyl (C=O) groups excluding carboxylic acids is 2. The monoisotopic (exact) mass is 483 g/mol. The fraction of sp³-hybridized carbons (Fsp3) is 0.241. The van der Waals surface area contributed by atoms with Crippen LogP contribution in [0.3, 0.4) is 0 Å². The Kier molecular flexibility index (Phi) is 6.35. The fourth-order valence-corrected chi connectivity index (χ4v) is 4.79. The van der Waals surface area contributed by atoms with Gasteiger partial charge in [0.05, 0.1) is 11.6 Å². The van der Waals surface area contributed by atoms with Gasteiger partial charge in [-0.3, -0.25) is 9.59 Å². The van der Waals surface area contributed by atoms with E-state index in [2.05, 4.69) is 22.8 Å². The average molecular weight is 484 g/mol. The summed E-state index contributed by atoms with van der Waals surface area (Å²) in [6.07, 6.45) is -1.66. The summed E-state index contributed by atoms with van der Waals surface area (Å²) < 4.78 is 2.10. The van der Waals surface area contributed by atoms with Gasteiger partial charge in [0, 0.05) is 32.0 Å². The predicted octanol–water partition coefficient (Wildman–Crippen LogP) is 3.41. The van der Waals surface area contributed by atoms with Crippen molar-refractivity contribution >= 4 is 22.7 Å². The molecule has 0 unspecified atom stereocenters. The molecule has 3 aromatic carbocycles.